The summed E-state index contributed by atoms with van der Waals surface area (Å²) in [4.78, 5) is 15.2. The van der Waals surface area contributed by atoms with Crippen LogP contribution in [0.25, 0.3) is 0 Å². The third-order valence-electron chi connectivity index (χ3n) is 4.50. The summed E-state index contributed by atoms with van der Waals surface area (Å²) in [5, 5.41) is 1.89. The highest BCUT2D eigenvalue weighted by Gasteiger charge is 2.32. The lowest BCUT2D eigenvalue weighted by Crippen LogP contribution is -2.50. The average molecular weight is 425 g/mol. The molecule has 0 saturated carbocycles. The van der Waals surface area contributed by atoms with E-state index in [0.717, 1.165) is 4.88 Å². The highest BCUT2D eigenvalue weighted by molar-refractivity contribution is 7.89. The molecule has 2 aliphatic rings. The number of rotatable bonds is 5. The van der Waals surface area contributed by atoms with E-state index in [1.54, 1.807) is 4.90 Å². The SMILES string of the molecule is O=C(C1COc2cc(S(=O)(=O)NCc3cccs3)ccc2O1)N1CCOCC1. The van der Waals surface area contributed by atoms with Crippen LogP contribution in [-0.2, 0) is 26.1 Å². The smallest absolute Gasteiger partial charge is 0.267 e. The van der Waals surface area contributed by atoms with Crippen LogP contribution in [0.3, 0.4) is 0 Å². The monoisotopic (exact) mass is 424 g/mol. The van der Waals surface area contributed by atoms with E-state index in [2.05, 4.69) is 4.72 Å². The number of hydrogen-bond acceptors (Lipinski definition) is 7. The van der Waals surface area contributed by atoms with Crippen molar-refractivity contribution in [3.63, 3.8) is 0 Å². The molecule has 3 heterocycles. The molecule has 0 radical (unpaired) electrons. The van der Waals surface area contributed by atoms with E-state index >= 15 is 0 Å². The van der Waals surface area contributed by atoms with Crippen molar-refractivity contribution >= 4 is 27.3 Å². The zero-order valence-corrected chi connectivity index (χ0v) is 16.6. The van der Waals surface area contributed by atoms with Gasteiger partial charge in [0.25, 0.3) is 5.91 Å². The second kappa shape index (κ2) is 8.08. The first-order valence-corrected chi connectivity index (χ1v) is 11.2. The largest absolute Gasteiger partial charge is 0.485 e. The van der Waals surface area contributed by atoms with E-state index in [1.807, 2.05) is 17.5 Å². The van der Waals surface area contributed by atoms with Gasteiger partial charge in [0.1, 0.15) is 6.61 Å². The van der Waals surface area contributed by atoms with Crippen LogP contribution < -0.4 is 14.2 Å². The van der Waals surface area contributed by atoms with Gasteiger partial charge in [-0.05, 0) is 23.6 Å². The van der Waals surface area contributed by atoms with E-state index in [9.17, 15) is 13.2 Å². The van der Waals surface area contributed by atoms with Gasteiger partial charge in [-0.2, -0.15) is 0 Å². The molecule has 1 aromatic carbocycles. The van der Waals surface area contributed by atoms with E-state index in [0.29, 0.717) is 37.8 Å². The summed E-state index contributed by atoms with van der Waals surface area (Å²) in [7, 11) is -3.68. The van der Waals surface area contributed by atoms with Gasteiger partial charge in [0.15, 0.2) is 11.5 Å². The molecular formula is C18H20N2O6S2. The molecule has 1 saturated heterocycles. The zero-order valence-electron chi connectivity index (χ0n) is 15.0. The van der Waals surface area contributed by atoms with Crippen molar-refractivity contribution in [2.45, 2.75) is 17.5 Å². The predicted octanol–water partition coefficient (Wildman–Crippen LogP) is 1.23. The maximum atomic E-state index is 12.5. The van der Waals surface area contributed by atoms with Crippen molar-refractivity contribution < 1.29 is 27.4 Å². The van der Waals surface area contributed by atoms with Crippen LogP contribution in [-0.4, -0.2) is 58.2 Å². The van der Waals surface area contributed by atoms with Crippen molar-refractivity contribution in [1.29, 1.82) is 0 Å². The normalized spacial score (nSPS) is 19.4. The minimum Gasteiger partial charge on any atom is -0.485 e. The second-order valence-corrected chi connectivity index (χ2v) is 9.17. The summed E-state index contributed by atoms with van der Waals surface area (Å²) in [5.41, 5.74) is 0. The third kappa shape index (κ3) is 4.14. The Bertz CT molecular complexity index is 939. The minimum absolute atomic E-state index is 0.0370. The molecular weight excluding hydrogens is 404 g/mol. The van der Waals surface area contributed by atoms with Crippen LogP contribution in [0, 0.1) is 0 Å². The molecule has 4 rings (SSSR count). The summed E-state index contributed by atoms with van der Waals surface area (Å²) in [6.07, 6.45) is -0.745. The number of sulfonamides is 1. The molecule has 2 aliphatic heterocycles. The fourth-order valence-corrected chi connectivity index (χ4v) is 4.75. The summed E-state index contributed by atoms with van der Waals surface area (Å²) < 4.78 is 44.3. The van der Waals surface area contributed by atoms with Gasteiger partial charge >= 0.3 is 0 Å². The molecule has 1 N–H and O–H groups in total. The minimum atomic E-state index is -3.68. The maximum Gasteiger partial charge on any atom is 0.267 e. The number of benzene rings is 1. The summed E-state index contributed by atoms with van der Waals surface area (Å²) in [6, 6.07) is 8.12. The van der Waals surface area contributed by atoms with E-state index < -0.39 is 16.1 Å². The van der Waals surface area contributed by atoms with Gasteiger partial charge in [-0.15, -0.1) is 11.3 Å². The molecule has 28 heavy (non-hydrogen) atoms. The molecule has 1 fully saturated rings. The van der Waals surface area contributed by atoms with Gasteiger partial charge in [0.05, 0.1) is 18.1 Å². The van der Waals surface area contributed by atoms with Gasteiger partial charge < -0.3 is 19.1 Å². The molecule has 0 spiro atoms. The topological polar surface area (TPSA) is 94.2 Å². The van der Waals surface area contributed by atoms with Crippen molar-refractivity contribution in [3.8, 4) is 11.5 Å². The average Bonchev–Trinajstić information content (AvgIpc) is 3.25. The zero-order chi connectivity index (χ0) is 19.6. The van der Waals surface area contributed by atoms with Crippen LogP contribution >= 0.6 is 11.3 Å². The number of hydrogen-bond donors (Lipinski definition) is 1. The quantitative estimate of drug-likeness (QED) is 0.776. The Morgan fingerprint density at radius 2 is 2.04 bits per heavy atom. The number of fused-ring (bicyclic) bond motifs is 1. The van der Waals surface area contributed by atoms with E-state index in [1.165, 1.54) is 29.5 Å². The number of carbonyl (C=O) groups excluding carboxylic acids is 1. The molecule has 0 bridgehead atoms. The van der Waals surface area contributed by atoms with Crippen molar-refractivity contribution in [3.05, 3.63) is 40.6 Å². The Morgan fingerprint density at radius 1 is 1.21 bits per heavy atom. The fraction of sp³-hybridized carbons (Fsp3) is 0.389. The van der Waals surface area contributed by atoms with E-state index in [4.69, 9.17) is 14.2 Å². The fourth-order valence-electron chi connectivity index (χ4n) is 2.99. The van der Waals surface area contributed by atoms with Crippen LogP contribution in [0.1, 0.15) is 4.88 Å². The van der Waals surface area contributed by atoms with Crippen LogP contribution in [0.5, 0.6) is 11.5 Å². The summed E-state index contributed by atoms with van der Waals surface area (Å²) in [5.74, 6) is 0.517. The lowest BCUT2D eigenvalue weighted by atomic mass is 10.2. The van der Waals surface area contributed by atoms with Crippen molar-refractivity contribution in [2.24, 2.45) is 0 Å². The Hall–Kier alpha value is -2.14. The van der Waals surface area contributed by atoms with Gasteiger partial charge in [-0.3, -0.25) is 4.79 Å². The van der Waals surface area contributed by atoms with Gasteiger partial charge in [0.2, 0.25) is 16.1 Å². The third-order valence-corrected chi connectivity index (χ3v) is 6.77. The number of morpholine rings is 1. The lowest BCUT2D eigenvalue weighted by molar-refractivity contribution is -0.145. The number of nitrogens with one attached hydrogen (secondary N) is 1. The Morgan fingerprint density at radius 3 is 2.79 bits per heavy atom. The highest BCUT2D eigenvalue weighted by atomic mass is 32.2. The lowest BCUT2D eigenvalue weighted by Gasteiger charge is -2.32. The summed E-state index contributed by atoms with van der Waals surface area (Å²) in [6.45, 7) is 2.34. The molecule has 1 aromatic heterocycles. The molecule has 10 heteroatoms. The molecule has 0 aliphatic carbocycles. The van der Waals surface area contributed by atoms with Crippen LogP contribution in [0.4, 0.5) is 0 Å². The second-order valence-electron chi connectivity index (χ2n) is 6.37. The van der Waals surface area contributed by atoms with Crippen molar-refractivity contribution in [1.82, 2.24) is 9.62 Å². The molecule has 1 amide bonds. The number of nitrogens with zero attached hydrogens (tertiary/aromatic N) is 1. The molecule has 2 aromatic rings. The van der Waals surface area contributed by atoms with Crippen molar-refractivity contribution in [2.75, 3.05) is 32.9 Å². The standard InChI is InChI=1S/C18H20N2O6S2/c21-18(20-5-7-24-8-6-20)17-12-25-16-10-14(3-4-15(16)26-17)28(22,23)19-11-13-2-1-9-27-13/h1-4,9-10,17,19H,5-8,11-12H2. The summed E-state index contributed by atoms with van der Waals surface area (Å²) >= 11 is 1.48. The molecule has 150 valence electrons. The first-order chi connectivity index (χ1) is 13.5. The predicted molar refractivity (Wildman–Crippen MR) is 102 cm³/mol. The first-order valence-electron chi connectivity index (χ1n) is 8.85. The highest BCUT2D eigenvalue weighted by Crippen LogP contribution is 2.34. The first kappa shape index (κ1) is 19.2. The van der Waals surface area contributed by atoms with Gasteiger partial charge in [-0.25, -0.2) is 13.1 Å². The van der Waals surface area contributed by atoms with Gasteiger partial charge in [-0.1, -0.05) is 6.07 Å². The maximum absolute atomic E-state index is 12.5. The molecule has 8 nitrogen and oxygen atoms in total. The Kier molecular flexibility index (Phi) is 5.54. The number of ether oxygens (including phenoxy) is 3. The Balaban J connectivity index is 1.44. The van der Waals surface area contributed by atoms with Crippen LogP contribution in [0.15, 0.2) is 40.6 Å². The number of amides is 1. The van der Waals surface area contributed by atoms with Crippen LogP contribution in [0.2, 0.25) is 0 Å². The van der Waals surface area contributed by atoms with E-state index in [-0.39, 0.29) is 24.0 Å². The number of thiophene rings is 1. The number of carbonyl (C=O) groups is 1. The Labute approximate surface area is 167 Å². The molecule has 1 atom stereocenters. The van der Waals surface area contributed by atoms with Gasteiger partial charge in [0, 0.05) is 30.6 Å². The molecule has 1 unspecified atom stereocenters.